The molecule has 23 heavy (non-hydrogen) atoms. The number of nitrogens with zero attached hydrogens (tertiary/aromatic N) is 3. The highest BCUT2D eigenvalue weighted by Gasteiger charge is 2.37. The molecule has 0 bridgehead atoms. The monoisotopic (exact) mass is 335 g/mol. The Bertz CT molecular complexity index is 592. The molecule has 0 N–H and O–H groups in total. The van der Waals surface area contributed by atoms with Crippen molar-refractivity contribution in [2.24, 2.45) is 0 Å². The quantitative estimate of drug-likeness (QED) is 0.660. The van der Waals surface area contributed by atoms with Crippen LogP contribution in [0.15, 0.2) is 30.3 Å². The highest BCUT2D eigenvalue weighted by atomic mass is 28.4. The van der Waals surface area contributed by atoms with Crippen LogP contribution in [0.5, 0.6) is 0 Å². The average Bonchev–Trinajstić information content (AvgIpc) is 3.03. The number of aryl methyl sites for hydroxylation is 2. The second-order valence-electron chi connectivity index (χ2n) is 5.19. The van der Waals surface area contributed by atoms with Gasteiger partial charge in [0.25, 0.3) is 0 Å². The topological polar surface area (TPSA) is 58.4 Å². The molecule has 1 aromatic heterocycles. The van der Waals surface area contributed by atoms with E-state index in [9.17, 15) is 0 Å². The van der Waals surface area contributed by atoms with Crippen LogP contribution in [0.3, 0.4) is 0 Å². The molecule has 1 heterocycles. The summed E-state index contributed by atoms with van der Waals surface area (Å²) in [6.45, 7) is 2.81. The highest BCUT2D eigenvalue weighted by molar-refractivity contribution is 6.60. The zero-order valence-corrected chi connectivity index (χ0v) is 15.3. The van der Waals surface area contributed by atoms with Crippen molar-refractivity contribution in [3.05, 3.63) is 36.2 Å². The SMILES string of the molecule is CCc1nc(-c2ccccc2)n(CCC[Si](OC)(OC)OC)n1. The Kier molecular flexibility index (Phi) is 6.46. The van der Waals surface area contributed by atoms with Gasteiger partial charge >= 0.3 is 8.80 Å². The maximum Gasteiger partial charge on any atom is 0.500 e. The zero-order valence-electron chi connectivity index (χ0n) is 14.3. The van der Waals surface area contributed by atoms with Gasteiger partial charge in [-0.1, -0.05) is 37.3 Å². The van der Waals surface area contributed by atoms with Gasteiger partial charge < -0.3 is 13.3 Å². The Morgan fingerprint density at radius 3 is 2.26 bits per heavy atom. The molecule has 2 rings (SSSR count). The number of hydrogen-bond donors (Lipinski definition) is 0. The number of aromatic nitrogens is 3. The lowest BCUT2D eigenvalue weighted by Gasteiger charge is -2.24. The smallest absolute Gasteiger partial charge is 0.377 e. The van der Waals surface area contributed by atoms with Crippen LogP contribution >= 0.6 is 0 Å². The summed E-state index contributed by atoms with van der Waals surface area (Å²) in [6, 6.07) is 10.9. The van der Waals surface area contributed by atoms with Crippen molar-refractivity contribution in [3.63, 3.8) is 0 Å². The molecule has 0 saturated carbocycles. The van der Waals surface area contributed by atoms with Crippen LogP contribution < -0.4 is 0 Å². The Morgan fingerprint density at radius 1 is 1.04 bits per heavy atom. The van der Waals surface area contributed by atoms with Crippen LogP contribution in [0.4, 0.5) is 0 Å². The van der Waals surface area contributed by atoms with E-state index < -0.39 is 8.80 Å². The molecule has 6 nitrogen and oxygen atoms in total. The van der Waals surface area contributed by atoms with Gasteiger partial charge in [0.15, 0.2) is 11.6 Å². The lowest BCUT2D eigenvalue weighted by Crippen LogP contribution is -2.42. The standard InChI is InChI=1S/C16H25N3O3Si/c1-5-15-17-16(14-10-7-6-8-11-14)19(18-15)12-9-13-23(20-2,21-3)22-4/h6-8,10-11H,5,9,12-13H2,1-4H3. The molecule has 0 unspecified atom stereocenters. The van der Waals surface area contributed by atoms with Crippen molar-refractivity contribution >= 4 is 8.80 Å². The first-order valence-electron chi connectivity index (χ1n) is 7.82. The van der Waals surface area contributed by atoms with Gasteiger partial charge in [0, 0.05) is 45.9 Å². The zero-order chi connectivity index (χ0) is 16.7. The fraction of sp³-hybridized carbons (Fsp3) is 0.500. The summed E-state index contributed by atoms with van der Waals surface area (Å²) >= 11 is 0. The van der Waals surface area contributed by atoms with Gasteiger partial charge in [-0.05, 0) is 6.42 Å². The normalized spacial score (nSPS) is 11.8. The first-order chi connectivity index (χ1) is 11.2. The van der Waals surface area contributed by atoms with Crippen LogP contribution in [-0.2, 0) is 26.2 Å². The van der Waals surface area contributed by atoms with E-state index >= 15 is 0 Å². The summed E-state index contributed by atoms with van der Waals surface area (Å²) in [5.74, 6) is 1.76. The molecule has 0 aliphatic carbocycles. The summed E-state index contributed by atoms with van der Waals surface area (Å²) in [5, 5.41) is 4.60. The molecule has 2 aromatic rings. The minimum Gasteiger partial charge on any atom is -0.377 e. The Labute approximate surface area is 138 Å². The molecule has 0 fully saturated rings. The van der Waals surface area contributed by atoms with E-state index in [1.807, 2.05) is 22.9 Å². The lowest BCUT2D eigenvalue weighted by atomic mass is 10.2. The summed E-state index contributed by atoms with van der Waals surface area (Å²) in [4.78, 5) is 4.64. The molecule has 126 valence electrons. The summed E-state index contributed by atoms with van der Waals surface area (Å²) in [5.41, 5.74) is 1.08. The van der Waals surface area contributed by atoms with Crippen LogP contribution in [-0.4, -0.2) is 44.9 Å². The molecule has 1 aromatic carbocycles. The molecule has 0 atom stereocenters. The molecule has 0 spiro atoms. The van der Waals surface area contributed by atoms with E-state index in [4.69, 9.17) is 13.3 Å². The third kappa shape index (κ3) is 4.26. The molecule has 0 aliphatic heterocycles. The predicted molar refractivity (Wildman–Crippen MR) is 91.0 cm³/mol. The molecule has 0 radical (unpaired) electrons. The number of rotatable bonds is 9. The molecular weight excluding hydrogens is 310 g/mol. The van der Waals surface area contributed by atoms with Gasteiger partial charge in [0.1, 0.15) is 0 Å². The lowest BCUT2D eigenvalue weighted by molar-refractivity contribution is 0.122. The van der Waals surface area contributed by atoms with Crippen molar-refractivity contribution in [1.82, 2.24) is 14.8 Å². The highest BCUT2D eigenvalue weighted by Crippen LogP contribution is 2.20. The predicted octanol–water partition coefficient (Wildman–Crippen LogP) is 2.78. The summed E-state index contributed by atoms with van der Waals surface area (Å²) < 4.78 is 18.4. The molecular formula is C16H25N3O3Si. The first-order valence-corrected chi connectivity index (χ1v) is 9.75. The van der Waals surface area contributed by atoms with Crippen molar-refractivity contribution < 1.29 is 13.3 Å². The fourth-order valence-corrected chi connectivity index (χ4v) is 4.20. The molecule has 7 heteroatoms. The largest absolute Gasteiger partial charge is 0.500 e. The molecule has 0 amide bonds. The molecule has 0 saturated heterocycles. The van der Waals surface area contributed by atoms with Gasteiger partial charge in [0.05, 0.1) is 0 Å². The van der Waals surface area contributed by atoms with Crippen LogP contribution in [0.2, 0.25) is 6.04 Å². The van der Waals surface area contributed by atoms with E-state index in [2.05, 4.69) is 29.1 Å². The van der Waals surface area contributed by atoms with E-state index in [0.29, 0.717) is 0 Å². The molecule has 0 aliphatic rings. The number of hydrogen-bond acceptors (Lipinski definition) is 5. The van der Waals surface area contributed by atoms with Gasteiger partial charge in [-0.2, -0.15) is 5.10 Å². The fourth-order valence-electron chi connectivity index (χ4n) is 2.50. The Hall–Kier alpha value is -1.54. The van der Waals surface area contributed by atoms with Gasteiger partial charge in [-0.15, -0.1) is 0 Å². The third-order valence-electron chi connectivity index (χ3n) is 3.85. The van der Waals surface area contributed by atoms with E-state index in [-0.39, 0.29) is 0 Å². The second-order valence-corrected chi connectivity index (χ2v) is 8.28. The Balaban J connectivity index is 2.12. The minimum absolute atomic E-state index is 0.742. The summed E-state index contributed by atoms with van der Waals surface area (Å²) in [6.07, 6.45) is 1.67. The maximum atomic E-state index is 5.46. The second kappa shape index (κ2) is 8.35. The van der Waals surface area contributed by atoms with Crippen LogP contribution in [0.25, 0.3) is 11.4 Å². The third-order valence-corrected chi connectivity index (χ3v) is 6.68. The van der Waals surface area contributed by atoms with Crippen molar-refractivity contribution in [1.29, 1.82) is 0 Å². The van der Waals surface area contributed by atoms with Crippen molar-refractivity contribution in [3.8, 4) is 11.4 Å². The summed E-state index contributed by atoms with van der Waals surface area (Å²) in [7, 11) is 2.38. The Morgan fingerprint density at radius 2 is 1.70 bits per heavy atom. The van der Waals surface area contributed by atoms with Gasteiger partial charge in [-0.3, -0.25) is 0 Å². The van der Waals surface area contributed by atoms with E-state index in [1.54, 1.807) is 21.3 Å². The minimum atomic E-state index is -2.53. The maximum absolute atomic E-state index is 5.46. The van der Waals surface area contributed by atoms with E-state index in [0.717, 1.165) is 42.6 Å². The van der Waals surface area contributed by atoms with Crippen molar-refractivity contribution in [2.45, 2.75) is 32.4 Å². The van der Waals surface area contributed by atoms with Crippen LogP contribution in [0, 0.1) is 0 Å². The van der Waals surface area contributed by atoms with Gasteiger partial charge in [-0.25, -0.2) is 9.67 Å². The van der Waals surface area contributed by atoms with Crippen molar-refractivity contribution in [2.75, 3.05) is 21.3 Å². The van der Waals surface area contributed by atoms with Gasteiger partial charge in [0.2, 0.25) is 0 Å². The first kappa shape index (κ1) is 17.8. The average molecular weight is 335 g/mol. The number of benzene rings is 1. The van der Waals surface area contributed by atoms with E-state index in [1.165, 1.54) is 0 Å². The van der Waals surface area contributed by atoms with Crippen LogP contribution in [0.1, 0.15) is 19.2 Å².